The van der Waals surface area contributed by atoms with Gasteiger partial charge in [0, 0.05) is 18.2 Å². The van der Waals surface area contributed by atoms with Crippen molar-refractivity contribution in [2.75, 3.05) is 18.1 Å². The maximum Gasteiger partial charge on any atom is 0.350 e. The normalized spacial score (nSPS) is 13.7. The number of alkyl halides is 1. The van der Waals surface area contributed by atoms with E-state index in [2.05, 4.69) is 15.1 Å². The number of carbonyl (C=O) groups is 2. The molecule has 0 atom stereocenters. The van der Waals surface area contributed by atoms with Crippen LogP contribution >= 0.6 is 22.9 Å². The van der Waals surface area contributed by atoms with Crippen molar-refractivity contribution >= 4 is 51.0 Å². The maximum atomic E-state index is 13.9. The van der Waals surface area contributed by atoms with Crippen molar-refractivity contribution < 1.29 is 18.8 Å². The molecule has 8 nitrogen and oxygen atoms in total. The number of hydrogen-bond donors (Lipinski definition) is 0. The van der Waals surface area contributed by atoms with Gasteiger partial charge in [-0.05, 0) is 38.7 Å². The Balaban J connectivity index is 1.81. The van der Waals surface area contributed by atoms with E-state index in [0.29, 0.717) is 50.5 Å². The van der Waals surface area contributed by atoms with Crippen LogP contribution in [0.3, 0.4) is 0 Å². The van der Waals surface area contributed by atoms with Crippen LogP contribution in [0.2, 0.25) is 0 Å². The quantitative estimate of drug-likeness (QED) is 0.330. The number of thiazole rings is 1. The Morgan fingerprint density at radius 2 is 2.09 bits per heavy atom. The van der Waals surface area contributed by atoms with E-state index in [0.717, 1.165) is 29.9 Å². The molecule has 1 aliphatic rings. The Labute approximate surface area is 194 Å². The third kappa shape index (κ3) is 4.36. The number of pyridine rings is 1. The Bertz CT molecular complexity index is 1170. The number of fused-ring (bicyclic) bond motifs is 1. The number of aromatic nitrogens is 3. The highest BCUT2D eigenvalue weighted by Crippen LogP contribution is 2.41. The second-order valence-corrected chi connectivity index (χ2v) is 9.50. The third-order valence-corrected chi connectivity index (χ3v) is 6.51. The van der Waals surface area contributed by atoms with E-state index in [1.54, 1.807) is 18.7 Å². The van der Waals surface area contributed by atoms with Gasteiger partial charge in [-0.15, -0.1) is 11.6 Å². The molecule has 0 saturated heterocycles. The Hall–Kier alpha value is -2.52. The van der Waals surface area contributed by atoms with Crippen LogP contribution in [0.4, 0.5) is 5.13 Å². The van der Waals surface area contributed by atoms with Crippen LogP contribution in [0, 0.1) is 12.8 Å². The summed E-state index contributed by atoms with van der Waals surface area (Å²) in [5.74, 6) is -0.166. The van der Waals surface area contributed by atoms with Crippen LogP contribution in [-0.2, 0) is 10.6 Å². The molecular weight excluding hydrogens is 452 g/mol. The van der Waals surface area contributed by atoms with Crippen molar-refractivity contribution in [1.29, 1.82) is 0 Å². The van der Waals surface area contributed by atoms with Gasteiger partial charge in [0.1, 0.15) is 4.88 Å². The number of anilines is 1. The fraction of sp³-hybridized carbons (Fsp3) is 0.500. The number of esters is 1. The Kier molecular flexibility index (Phi) is 6.48. The number of amides is 1. The summed E-state index contributed by atoms with van der Waals surface area (Å²) < 4.78 is 10.5. The van der Waals surface area contributed by atoms with Gasteiger partial charge in [0.2, 0.25) is 0 Å². The van der Waals surface area contributed by atoms with E-state index in [4.69, 9.17) is 20.9 Å². The van der Waals surface area contributed by atoms with Gasteiger partial charge in [0.05, 0.1) is 34.8 Å². The van der Waals surface area contributed by atoms with Crippen molar-refractivity contribution in [2.45, 2.75) is 52.3 Å². The van der Waals surface area contributed by atoms with E-state index in [-0.39, 0.29) is 24.3 Å². The average Bonchev–Trinajstić information content (AvgIpc) is 3.42. The van der Waals surface area contributed by atoms with E-state index in [9.17, 15) is 9.59 Å². The highest BCUT2D eigenvalue weighted by Gasteiger charge is 2.32. The topological polar surface area (TPSA) is 98.4 Å². The molecular formula is C22H25ClN4O4S. The molecule has 0 aromatic carbocycles. The minimum absolute atomic E-state index is 0.0461. The minimum Gasteiger partial charge on any atom is -0.462 e. The molecule has 32 heavy (non-hydrogen) atoms. The van der Waals surface area contributed by atoms with Gasteiger partial charge in [-0.1, -0.05) is 30.3 Å². The van der Waals surface area contributed by atoms with Crippen molar-refractivity contribution in [3.8, 4) is 0 Å². The molecule has 1 amide bonds. The van der Waals surface area contributed by atoms with E-state index in [1.807, 2.05) is 19.9 Å². The summed E-state index contributed by atoms with van der Waals surface area (Å²) in [5.41, 5.74) is 2.71. The molecule has 1 fully saturated rings. The smallest absolute Gasteiger partial charge is 0.350 e. The van der Waals surface area contributed by atoms with Crippen molar-refractivity contribution in [3.63, 3.8) is 0 Å². The Morgan fingerprint density at radius 3 is 2.72 bits per heavy atom. The zero-order valence-electron chi connectivity index (χ0n) is 18.5. The molecule has 170 valence electrons. The van der Waals surface area contributed by atoms with Crippen molar-refractivity contribution in [2.24, 2.45) is 5.92 Å². The van der Waals surface area contributed by atoms with E-state index < -0.39 is 5.97 Å². The van der Waals surface area contributed by atoms with Crippen LogP contribution < -0.4 is 4.90 Å². The number of ether oxygens (including phenoxy) is 1. The third-order valence-electron chi connectivity index (χ3n) is 5.16. The first kappa shape index (κ1) is 22.7. The molecule has 0 spiro atoms. The molecule has 4 rings (SSSR count). The highest BCUT2D eigenvalue weighted by atomic mass is 35.5. The zero-order valence-corrected chi connectivity index (χ0v) is 20.0. The molecule has 3 heterocycles. The molecule has 0 aliphatic heterocycles. The molecule has 3 aromatic rings. The summed E-state index contributed by atoms with van der Waals surface area (Å²) in [5, 5.41) is 5.04. The van der Waals surface area contributed by atoms with Crippen molar-refractivity contribution in [1.82, 2.24) is 15.1 Å². The number of nitrogens with zero attached hydrogens (tertiary/aromatic N) is 4. The first-order valence-corrected chi connectivity index (χ1v) is 12.0. The number of halogens is 1. The minimum atomic E-state index is -0.485. The molecule has 0 radical (unpaired) electrons. The molecule has 1 saturated carbocycles. The van der Waals surface area contributed by atoms with Gasteiger partial charge < -0.3 is 9.26 Å². The molecule has 10 heteroatoms. The molecule has 3 aromatic heterocycles. The SMILES string of the molecule is CCOC(=O)c1sc(N(CC(C)C)C(=O)c2cc(C3CC3)nc3onc(C)c23)nc1CCl. The first-order valence-electron chi connectivity index (χ1n) is 10.7. The highest BCUT2D eigenvalue weighted by molar-refractivity contribution is 7.17. The number of carbonyl (C=O) groups excluding carboxylic acids is 2. The summed E-state index contributed by atoms with van der Waals surface area (Å²) in [6, 6.07) is 1.85. The molecule has 0 bridgehead atoms. The van der Waals surface area contributed by atoms with Crippen LogP contribution in [0.5, 0.6) is 0 Å². The monoisotopic (exact) mass is 476 g/mol. The van der Waals surface area contributed by atoms with E-state index in [1.165, 1.54) is 0 Å². The molecule has 0 unspecified atom stereocenters. The maximum absolute atomic E-state index is 13.9. The predicted molar refractivity (Wildman–Crippen MR) is 123 cm³/mol. The first-order chi connectivity index (χ1) is 15.3. The van der Waals surface area contributed by atoms with Gasteiger partial charge in [-0.3, -0.25) is 9.69 Å². The second kappa shape index (κ2) is 9.15. The fourth-order valence-corrected chi connectivity index (χ4v) is 4.79. The zero-order chi connectivity index (χ0) is 23.0. The fourth-order valence-electron chi connectivity index (χ4n) is 3.53. The lowest BCUT2D eigenvalue weighted by atomic mass is 10.1. The lowest BCUT2D eigenvalue weighted by molar-refractivity contribution is 0.0530. The van der Waals surface area contributed by atoms with Gasteiger partial charge in [-0.25, -0.2) is 14.8 Å². The summed E-state index contributed by atoms with van der Waals surface area (Å²) >= 11 is 7.17. The number of hydrogen-bond acceptors (Lipinski definition) is 8. The summed E-state index contributed by atoms with van der Waals surface area (Å²) in [6.45, 7) is 8.23. The van der Waals surface area contributed by atoms with E-state index >= 15 is 0 Å². The predicted octanol–water partition coefficient (Wildman–Crippen LogP) is 5.08. The molecule has 1 aliphatic carbocycles. The van der Waals surface area contributed by atoms with Crippen LogP contribution in [0.15, 0.2) is 10.6 Å². The lowest BCUT2D eigenvalue weighted by Crippen LogP contribution is -2.34. The van der Waals surface area contributed by atoms with Crippen LogP contribution in [-0.4, -0.2) is 40.2 Å². The largest absolute Gasteiger partial charge is 0.462 e. The lowest BCUT2D eigenvalue weighted by Gasteiger charge is -2.22. The summed E-state index contributed by atoms with van der Waals surface area (Å²) in [4.78, 5) is 37.3. The van der Waals surface area contributed by atoms with Crippen molar-refractivity contribution in [3.05, 3.63) is 33.6 Å². The number of rotatable bonds is 8. The number of aryl methyl sites for hydroxylation is 1. The van der Waals surface area contributed by atoms with Crippen LogP contribution in [0.1, 0.15) is 76.6 Å². The second-order valence-electron chi connectivity index (χ2n) is 8.25. The summed E-state index contributed by atoms with van der Waals surface area (Å²) in [7, 11) is 0. The van der Waals surface area contributed by atoms with Gasteiger partial charge in [0.15, 0.2) is 5.13 Å². The van der Waals surface area contributed by atoms with Gasteiger partial charge in [-0.2, -0.15) is 0 Å². The Morgan fingerprint density at radius 1 is 1.34 bits per heavy atom. The van der Waals surface area contributed by atoms with Gasteiger partial charge >= 0.3 is 5.97 Å². The van der Waals surface area contributed by atoms with Gasteiger partial charge in [0.25, 0.3) is 11.6 Å². The van der Waals surface area contributed by atoms with Crippen LogP contribution in [0.25, 0.3) is 11.1 Å². The molecule has 0 N–H and O–H groups in total. The summed E-state index contributed by atoms with van der Waals surface area (Å²) in [6.07, 6.45) is 2.09. The average molecular weight is 477 g/mol. The standard InChI is InChI=1S/C22H25ClN4O4S/c1-5-30-21(29)18-16(9-23)25-22(32-18)27(10-11(2)3)20(28)14-8-15(13-6-7-13)24-19-17(14)12(4)26-31-19/h8,11,13H,5-7,9-10H2,1-4H3.